The van der Waals surface area contributed by atoms with Crippen LogP contribution in [0.2, 0.25) is 0 Å². The lowest BCUT2D eigenvalue weighted by Gasteiger charge is -2.29. The van der Waals surface area contributed by atoms with Crippen molar-refractivity contribution in [3.05, 3.63) is 23.8 Å². The van der Waals surface area contributed by atoms with Crippen LogP contribution >= 0.6 is 0 Å². The molecule has 1 unspecified atom stereocenters. The van der Waals surface area contributed by atoms with Crippen LogP contribution in [0.4, 0.5) is 0 Å². The molecule has 1 atom stereocenters. The fraction of sp³-hybridized carbons (Fsp3) is 0.538. The van der Waals surface area contributed by atoms with Crippen LogP contribution in [0.1, 0.15) is 31.2 Å². The first-order valence-corrected chi connectivity index (χ1v) is 5.91. The first-order chi connectivity index (χ1) is 7.70. The second kappa shape index (κ2) is 4.74. The Morgan fingerprint density at radius 2 is 1.94 bits per heavy atom. The molecule has 1 heterocycles. The first-order valence-electron chi connectivity index (χ1n) is 5.91. The van der Waals surface area contributed by atoms with Gasteiger partial charge in [-0.3, -0.25) is 0 Å². The Labute approximate surface area is 96.1 Å². The van der Waals surface area contributed by atoms with Crippen molar-refractivity contribution < 1.29 is 10.2 Å². The van der Waals surface area contributed by atoms with Gasteiger partial charge in [0.15, 0.2) is 11.5 Å². The molecule has 3 nitrogen and oxygen atoms in total. The van der Waals surface area contributed by atoms with Crippen molar-refractivity contribution in [3.8, 4) is 11.5 Å². The van der Waals surface area contributed by atoms with Crippen molar-refractivity contribution in [1.29, 1.82) is 0 Å². The molecule has 1 fully saturated rings. The lowest BCUT2D eigenvalue weighted by molar-refractivity contribution is 0.320. The fourth-order valence-corrected chi connectivity index (χ4v) is 2.51. The Morgan fingerprint density at radius 3 is 2.62 bits per heavy atom. The van der Waals surface area contributed by atoms with E-state index in [1.807, 2.05) is 6.07 Å². The molecule has 0 saturated carbocycles. The van der Waals surface area contributed by atoms with Crippen LogP contribution in [0, 0.1) is 5.92 Å². The predicted octanol–water partition coefficient (Wildman–Crippen LogP) is 2.20. The highest BCUT2D eigenvalue weighted by Gasteiger charge is 2.23. The van der Waals surface area contributed by atoms with Crippen LogP contribution in [-0.4, -0.2) is 23.3 Å². The van der Waals surface area contributed by atoms with E-state index in [1.54, 1.807) is 6.07 Å². The van der Waals surface area contributed by atoms with Crippen LogP contribution in [0.3, 0.4) is 0 Å². The number of phenolic OH excluding ortho intramolecular Hbond substituents is 2. The van der Waals surface area contributed by atoms with Gasteiger partial charge in [-0.05, 0) is 43.8 Å². The summed E-state index contributed by atoms with van der Waals surface area (Å²) >= 11 is 0. The highest BCUT2D eigenvalue weighted by atomic mass is 16.3. The predicted molar refractivity (Wildman–Crippen MR) is 63.8 cm³/mol. The molecule has 2 rings (SSSR count). The molecule has 3 heteroatoms. The SMILES string of the molecule is CC(c1cccc(O)c1O)C1CCNCC1. The molecule has 1 aromatic rings. The zero-order chi connectivity index (χ0) is 11.5. The molecule has 16 heavy (non-hydrogen) atoms. The number of phenols is 2. The average molecular weight is 221 g/mol. The van der Waals surface area contributed by atoms with Crippen molar-refractivity contribution in [1.82, 2.24) is 5.32 Å². The molecular weight excluding hydrogens is 202 g/mol. The number of rotatable bonds is 2. The highest BCUT2D eigenvalue weighted by Crippen LogP contribution is 2.39. The van der Waals surface area contributed by atoms with E-state index in [1.165, 1.54) is 6.07 Å². The highest BCUT2D eigenvalue weighted by molar-refractivity contribution is 5.46. The van der Waals surface area contributed by atoms with Gasteiger partial charge in [0.05, 0.1) is 0 Å². The van der Waals surface area contributed by atoms with E-state index >= 15 is 0 Å². The summed E-state index contributed by atoms with van der Waals surface area (Å²) in [5.74, 6) is 0.926. The molecule has 0 aliphatic carbocycles. The number of para-hydroxylation sites is 1. The first kappa shape index (κ1) is 11.3. The van der Waals surface area contributed by atoms with Crippen LogP contribution in [0.5, 0.6) is 11.5 Å². The van der Waals surface area contributed by atoms with Gasteiger partial charge in [0.25, 0.3) is 0 Å². The van der Waals surface area contributed by atoms with Gasteiger partial charge in [0.1, 0.15) is 0 Å². The number of hydrogen-bond acceptors (Lipinski definition) is 3. The van der Waals surface area contributed by atoms with Gasteiger partial charge < -0.3 is 15.5 Å². The van der Waals surface area contributed by atoms with E-state index in [0.717, 1.165) is 31.5 Å². The molecule has 1 saturated heterocycles. The van der Waals surface area contributed by atoms with E-state index in [4.69, 9.17) is 0 Å². The second-order valence-corrected chi connectivity index (χ2v) is 4.59. The molecule has 0 radical (unpaired) electrons. The van der Waals surface area contributed by atoms with Crippen LogP contribution in [0.25, 0.3) is 0 Å². The Hall–Kier alpha value is -1.22. The van der Waals surface area contributed by atoms with Crippen molar-refractivity contribution in [2.24, 2.45) is 5.92 Å². The van der Waals surface area contributed by atoms with E-state index in [0.29, 0.717) is 11.8 Å². The Balaban J connectivity index is 2.19. The number of benzene rings is 1. The van der Waals surface area contributed by atoms with Gasteiger partial charge in [-0.25, -0.2) is 0 Å². The molecule has 0 aromatic heterocycles. The van der Waals surface area contributed by atoms with Crippen molar-refractivity contribution in [2.45, 2.75) is 25.7 Å². The van der Waals surface area contributed by atoms with Gasteiger partial charge in [-0.15, -0.1) is 0 Å². The van der Waals surface area contributed by atoms with Gasteiger partial charge in [0, 0.05) is 5.56 Å². The van der Waals surface area contributed by atoms with Crippen molar-refractivity contribution in [3.63, 3.8) is 0 Å². The van der Waals surface area contributed by atoms with Gasteiger partial charge in [-0.2, -0.15) is 0 Å². The topological polar surface area (TPSA) is 52.5 Å². The Kier molecular flexibility index (Phi) is 3.34. The molecule has 0 bridgehead atoms. The third-order valence-electron chi connectivity index (χ3n) is 3.63. The van der Waals surface area contributed by atoms with E-state index in [9.17, 15) is 10.2 Å². The largest absolute Gasteiger partial charge is 0.504 e. The lowest BCUT2D eigenvalue weighted by Crippen LogP contribution is -2.30. The van der Waals surface area contributed by atoms with Crippen molar-refractivity contribution in [2.75, 3.05) is 13.1 Å². The van der Waals surface area contributed by atoms with Crippen LogP contribution < -0.4 is 5.32 Å². The monoisotopic (exact) mass is 221 g/mol. The molecular formula is C13H19NO2. The molecule has 3 N–H and O–H groups in total. The number of piperidine rings is 1. The van der Waals surface area contributed by atoms with Gasteiger partial charge >= 0.3 is 0 Å². The minimum absolute atomic E-state index is 0.0155. The minimum Gasteiger partial charge on any atom is -0.504 e. The quantitative estimate of drug-likeness (QED) is 0.671. The number of nitrogens with one attached hydrogen (secondary N) is 1. The third kappa shape index (κ3) is 2.14. The summed E-state index contributed by atoms with van der Waals surface area (Å²) in [7, 11) is 0. The van der Waals surface area contributed by atoms with Crippen LogP contribution in [-0.2, 0) is 0 Å². The van der Waals surface area contributed by atoms with Crippen LogP contribution in [0.15, 0.2) is 18.2 Å². The Bertz CT molecular complexity index is 359. The van der Waals surface area contributed by atoms with Gasteiger partial charge in [-0.1, -0.05) is 19.1 Å². The summed E-state index contributed by atoms with van der Waals surface area (Å²) in [4.78, 5) is 0. The summed E-state index contributed by atoms with van der Waals surface area (Å²) in [6.45, 7) is 4.23. The summed E-state index contributed by atoms with van der Waals surface area (Å²) < 4.78 is 0. The lowest BCUT2D eigenvalue weighted by atomic mass is 9.81. The Morgan fingerprint density at radius 1 is 1.25 bits per heavy atom. The number of hydrogen-bond donors (Lipinski definition) is 3. The van der Waals surface area contributed by atoms with E-state index in [-0.39, 0.29) is 11.5 Å². The number of aromatic hydroxyl groups is 2. The summed E-state index contributed by atoms with van der Waals surface area (Å²) in [6, 6.07) is 5.22. The molecule has 0 amide bonds. The zero-order valence-corrected chi connectivity index (χ0v) is 9.61. The van der Waals surface area contributed by atoms with E-state index < -0.39 is 0 Å². The molecule has 88 valence electrons. The zero-order valence-electron chi connectivity index (χ0n) is 9.61. The molecule has 0 spiro atoms. The summed E-state index contributed by atoms with van der Waals surface area (Å²) in [6.07, 6.45) is 2.27. The summed E-state index contributed by atoms with van der Waals surface area (Å²) in [5, 5.41) is 22.7. The molecule has 1 aromatic carbocycles. The minimum atomic E-state index is -0.0155. The second-order valence-electron chi connectivity index (χ2n) is 4.59. The van der Waals surface area contributed by atoms with Crippen molar-refractivity contribution >= 4 is 0 Å². The maximum absolute atomic E-state index is 9.83. The summed E-state index contributed by atoms with van der Waals surface area (Å²) in [5.41, 5.74) is 0.868. The standard InChI is InChI=1S/C13H19NO2/c1-9(10-5-7-14-8-6-10)11-3-2-4-12(15)13(11)16/h2-4,9-10,14-16H,5-8H2,1H3. The van der Waals surface area contributed by atoms with E-state index in [2.05, 4.69) is 12.2 Å². The smallest absolute Gasteiger partial charge is 0.160 e. The molecule has 1 aliphatic rings. The third-order valence-corrected chi connectivity index (χ3v) is 3.63. The molecule has 1 aliphatic heterocycles. The maximum atomic E-state index is 9.83. The normalized spacial score (nSPS) is 19.6. The fourth-order valence-electron chi connectivity index (χ4n) is 2.51. The van der Waals surface area contributed by atoms with Gasteiger partial charge in [0.2, 0.25) is 0 Å². The average Bonchev–Trinajstić information content (AvgIpc) is 2.33. The maximum Gasteiger partial charge on any atom is 0.160 e.